The number of nitrogens with one attached hydrogen (secondary N) is 5. The van der Waals surface area contributed by atoms with Gasteiger partial charge in [-0.3, -0.25) is 9.59 Å². The van der Waals surface area contributed by atoms with Crippen LogP contribution in [0.1, 0.15) is 168 Å². The second kappa shape index (κ2) is 43.9. The molecule has 0 unspecified atom stereocenters. The molecule has 0 aliphatic carbocycles. The Morgan fingerprint density at radius 2 is 0.647 bits per heavy atom. The Balaban J connectivity index is 3.31. The van der Waals surface area contributed by atoms with Crippen molar-refractivity contribution in [3.05, 3.63) is 48.6 Å². The molecule has 0 aromatic carbocycles. The molecule has 5 N–H and O–H groups in total. The third kappa shape index (κ3) is 43.9. The molecule has 7 heteroatoms. The number of carbonyl (C=O) groups is 2. The van der Waals surface area contributed by atoms with Gasteiger partial charge in [0, 0.05) is 65.2 Å². The zero-order valence-electron chi connectivity index (χ0n) is 33.6. The van der Waals surface area contributed by atoms with Gasteiger partial charge in [-0.05, 0) is 77.0 Å². The van der Waals surface area contributed by atoms with E-state index in [0.29, 0.717) is 25.9 Å². The van der Waals surface area contributed by atoms with Crippen LogP contribution >= 0.6 is 0 Å². The van der Waals surface area contributed by atoms with Crippen molar-refractivity contribution < 1.29 is 9.59 Å². The van der Waals surface area contributed by atoms with Gasteiger partial charge in [0.2, 0.25) is 11.8 Å². The Hall–Kier alpha value is -2.22. The van der Waals surface area contributed by atoms with Gasteiger partial charge < -0.3 is 26.6 Å². The number of hydrogen-bond donors (Lipinski definition) is 5. The lowest BCUT2D eigenvalue weighted by Gasteiger charge is -2.09. The summed E-state index contributed by atoms with van der Waals surface area (Å²) >= 11 is 0. The largest absolute Gasteiger partial charge is 0.355 e. The number of allylic oxidation sites excluding steroid dienone is 8. The number of carbonyl (C=O) groups excluding carboxylic acids is 2. The van der Waals surface area contributed by atoms with E-state index in [9.17, 15) is 9.59 Å². The molecule has 0 aromatic rings. The van der Waals surface area contributed by atoms with E-state index in [4.69, 9.17) is 0 Å². The first-order valence-electron chi connectivity index (χ1n) is 21.5. The van der Waals surface area contributed by atoms with Gasteiger partial charge in [0.1, 0.15) is 0 Å². The van der Waals surface area contributed by atoms with Gasteiger partial charge in [0.15, 0.2) is 0 Å². The number of hydrogen-bond acceptors (Lipinski definition) is 5. The van der Waals surface area contributed by atoms with Crippen LogP contribution in [0.25, 0.3) is 0 Å². The molecule has 0 aromatic heterocycles. The summed E-state index contributed by atoms with van der Waals surface area (Å²) in [4.78, 5) is 24.1. The summed E-state index contributed by atoms with van der Waals surface area (Å²) in [5.74, 6) is 0.341. The van der Waals surface area contributed by atoms with E-state index < -0.39 is 0 Å². The summed E-state index contributed by atoms with van der Waals surface area (Å²) < 4.78 is 0. The van der Waals surface area contributed by atoms with Crippen LogP contribution in [0.15, 0.2) is 48.6 Å². The third-order valence-corrected chi connectivity index (χ3v) is 8.91. The molecule has 296 valence electrons. The second-order valence-corrected chi connectivity index (χ2v) is 13.9. The minimum absolute atomic E-state index is 0.171. The van der Waals surface area contributed by atoms with Crippen molar-refractivity contribution in [2.24, 2.45) is 0 Å². The lowest BCUT2D eigenvalue weighted by Crippen LogP contribution is -2.37. The molecule has 0 saturated heterocycles. The van der Waals surface area contributed by atoms with Crippen LogP contribution in [0.3, 0.4) is 0 Å². The smallest absolute Gasteiger partial charge is 0.220 e. The van der Waals surface area contributed by atoms with Gasteiger partial charge in [-0.2, -0.15) is 0 Å². The van der Waals surface area contributed by atoms with Gasteiger partial charge in [-0.25, -0.2) is 0 Å². The predicted molar refractivity (Wildman–Crippen MR) is 223 cm³/mol. The Labute approximate surface area is 316 Å². The van der Waals surface area contributed by atoms with Crippen molar-refractivity contribution in [1.82, 2.24) is 26.6 Å². The maximum atomic E-state index is 12.0. The van der Waals surface area contributed by atoms with Crippen LogP contribution in [-0.4, -0.2) is 64.2 Å². The zero-order chi connectivity index (χ0) is 37.0. The Bertz CT molecular complexity index is 786. The quantitative estimate of drug-likeness (QED) is 0.0322. The molecule has 2 amide bonds. The number of unbranched alkanes of at least 4 members (excludes halogenated alkanes) is 16. The Morgan fingerprint density at radius 1 is 0.353 bits per heavy atom. The molecule has 51 heavy (non-hydrogen) atoms. The van der Waals surface area contributed by atoms with Crippen LogP contribution in [0.5, 0.6) is 0 Å². The number of rotatable bonds is 40. The molecule has 0 bridgehead atoms. The monoisotopic (exact) mass is 714 g/mol. The van der Waals surface area contributed by atoms with Crippen LogP contribution in [0.4, 0.5) is 0 Å². The van der Waals surface area contributed by atoms with E-state index in [2.05, 4.69) is 89.0 Å². The van der Waals surface area contributed by atoms with Gasteiger partial charge in [0.05, 0.1) is 0 Å². The first-order valence-corrected chi connectivity index (χ1v) is 21.5. The lowest BCUT2D eigenvalue weighted by atomic mass is 10.1. The average Bonchev–Trinajstić information content (AvgIpc) is 3.13. The minimum atomic E-state index is 0.171. The van der Waals surface area contributed by atoms with Crippen molar-refractivity contribution in [3.63, 3.8) is 0 Å². The van der Waals surface area contributed by atoms with Gasteiger partial charge in [0.25, 0.3) is 0 Å². The highest BCUT2D eigenvalue weighted by molar-refractivity contribution is 5.76. The third-order valence-electron chi connectivity index (χ3n) is 8.91. The van der Waals surface area contributed by atoms with Crippen LogP contribution in [0.2, 0.25) is 0 Å². The summed E-state index contributed by atoms with van der Waals surface area (Å²) in [7, 11) is 0. The summed E-state index contributed by atoms with van der Waals surface area (Å²) in [5, 5.41) is 16.2. The standard InChI is InChI=1S/C44H83N5O2/c1-3-5-7-9-11-13-15-17-19-21-23-25-27-29-31-33-43(50)48-41-39-46-37-35-45-36-38-47-40-42-49-44(51)34-32-30-28-26-24-22-20-18-16-14-12-10-8-6-4-2/h11-14,17-20,45-47H,3-10,15-16,21-42H2,1-2H3,(H,48,50)(H,49,51). The van der Waals surface area contributed by atoms with E-state index in [1.165, 1.54) is 103 Å². The topological polar surface area (TPSA) is 94.3 Å². The fourth-order valence-electron chi connectivity index (χ4n) is 5.68. The molecular formula is C44H83N5O2. The van der Waals surface area contributed by atoms with Crippen molar-refractivity contribution in [1.29, 1.82) is 0 Å². The van der Waals surface area contributed by atoms with Crippen LogP contribution in [0, 0.1) is 0 Å². The molecule has 0 rings (SSSR count). The van der Waals surface area contributed by atoms with Crippen LogP contribution in [-0.2, 0) is 9.59 Å². The van der Waals surface area contributed by atoms with E-state index >= 15 is 0 Å². The molecule has 0 spiro atoms. The number of amides is 2. The minimum Gasteiger partial charge on any atom is -0.355 e. The SMILES string of the molecule is CCCCCC=CCC=CCCCCCCCC(=O)NCCNCCNCCNCCNC(=O)CCCCCCCC=CCC=CCCCCC. The first-order chi connectivity index (χ1) is 25.2. The molecule has 0 heterocycles. The maximum Gasteiger partial charge on any atom is 0.220 e. The highest BCUT2D eigenvalue weighted by Crippen LogP contribution is 2.09. The van der Waals surface area contributed by atoms with E-state index in [0.717, 1.165) is 77.8 Å². The molecule has 0 radical (unpaired) electrons. The van der Waals surface area contributed by atoms with E-state index in [1.54, 1.807) is 0 Å². The highest BCUT2D eigenvalue weighted by atomic mass is 16.2. The molecule has 0 aliphatic rings. The van der Waals surface area contributed by atoms with Gasteiger partial charge >= 0.3 is 0 Å². The van der Waals surface area contributed by atoms with Crippen LogP contribution < -0.4 is 26.6 Å². The molecule has 0 saturated carbocycles. The van der Waals surface area contributed by atoms with Crippen molar-refractivity contribution in [2.75, 3.05) is 52.4 Å². The normalized spacial score (nSPS) is 12.0. The fraction of sp³-hybridized carbons (Fsp3) is 0.773. The predicted octanol–water partition coefficient (Wildman–Crippen LogP) is 9.61. The fourth-order valence-corrected chi connectivity index (χ4v) is 5.68. The van der Waals surface area contributed by atoms with Gasteiger partial charge in [-0.1, -0.05) is 127 Å². The first kappa shape index (κ1) is 48.8. The van der Waals surface area contributed by atoms with Crippen molar-refractivity contribution >= 4 is 11.8 Å². The van der Waals surface area contributed by atoms with Gasteiger partial charge in [-0.15, -0.1) is 0 Å². The summed E-state index contributed by atoms with van der Waals surface area (Å²) in [6.07, 6.45) is 46.2. The Kier molecular flexibility index (Phi) is 42.0. The maximum absolute atomic E-state index is 12.0. The molecule has 0 atom stereocenters. The second-order valence-electron chi connectivity index (χ2n) is 13.9. The molecule has 0 fully saturated rings. The van der Waals surface area contributed by atoms with E-state index in [1.807, 2.05) is 0 Å². The molecular weight excluding hydrogens is 631 g/mol. The lowest BCUT2D eigenvalue weighted by molar-refractivity contribution is -0.122. The average molecular weight is 714 g/mol. The molecule has 0 aliphatic heterocycles. The summed E-state index contributed by atoms with van der Waals surface area (Å²) in [6.45, 7) is 11.0. The van der Waals surface area contributed by atoms with E-state index in [-0.39, 0.29) is 11.8 Å². The summed E-state index contributed by atoms with van der Waals surface area (Å²) in [6, 6.07) is 0. The highest BCUT2D eigenvalue weighted by Gasteiger charge is 2.01. The summed E-state index contributed by atoms with van der Waals surface area (Å²) in [5.41, 5.74) is 0. The zero-order valence-corrected chi connectivity index (χ0v) is 33.6. The Morgan fingerprint density at radius 3 is 1.00 bits per heavy atom. The van der Waals surface area contributed by atoms with Crippen molar-refractivity contribution in [3.8, 4) is 0 Å². The molecule has 7 nitrogen and oxygen atoms in total. The van der Waals surface area contributed by atoms with Crippen molar-refractivity contribution in [2.45, 2.75) is 168 Å².